The third-order valence-electron chi connectivity index (χ3n) is 2.21. The molecule has 0 saturated heterocycles. The van der Waals surface area contributed by atoms with Gasteiger partial charge in [0.05, 0.1) is 6.42 Å². The van der Waals surface area contributed by atoms with Crippen LogP contribution in [0.1, 0.15) is 5.56 Å². The van der Waals surface area contributed by atoms with Gasteiger partial charge >= 0.3 is 5.97 Å². The number of hydrogen-bond donors (Lipinski definition) is 1. The second-order valence-electron chi connectivity index (χ2n) is 3.16. The summed E-state index contributed by atoms with van der Waals surface area (Å²) in [5.74, 6) is -0.424. The number of carbonyl (C=O) groups excluding carboxylic acids is 1. The maximum absolute atomic E-state index is 11.2. The molecule has 2 rings (SSSR count). The number of pyridine rings is 1. The summed E-state index contributed by atoms with van der Waals surface area (Å²) in [7, 11) is 0. The molecule has 2 aromatic rings. The number of aliphatic hydroxyl groups is 1. The lowest BCUT2D eigenvalue weighted by Gasteiger charge is -2.03. The number of ether oxygens (including phenoxy) is 1. The average Bonchev–Trinajstić information content (AvgIpc) is 2.67. The summed E-state index contributed by atoms with van der Waals surface area (Å²) < 4.78 is 6.41. The fourth-order valence-corrected chi connectivity index (χ4v) is 1.56. The molecule has 0 spiro atoms. The van der Waals surface area contributed by atoms with Crippen molar-refractivity contribution in [2.75, 3.05) is 6.79 Å². The van der Waals surface area contributed by atoms with E-state index in [1.807, 2.05) is 41.1 Å². The van der Waals surface area contributed by atoms with Crippen LogP contribution in [0.15, 0.2) is 36.7 Å². The predicted octanol–water partition coefficient (Wildman–Crippen LogP) is 0.975. The maximum Gasteiger partial charge on any atom is 0.312 e. The van der Waals surface area contributed by atoms with Crippen LogP contribution in [0, 0.1) is 0 Å². The number of nitrogens with zero attached hydrogens (tertiary/aromatic N) is 1. The summed E-state index contributed by atoms with van der Waals surface area (Å²) in [6.45, 7) is -0.567. The molecule has 4 nitrogen and oxygen atoms in total. The van der Waals surface area contributed by atoms with E-state index in [2.05, 4.69) is 4.74 Å². The molecule has 15 heavy (non-hydrogen) atoms. The van der Waals surface area contributed by atoms with E-state index in [-0.39, 0.29) is 6.42 Å². The molecule has 0 unspecified atom stereocenters. The molecule has 2 heterocycles. The molecule has 0 bridgehead atoms. The molecule has 0 saturated carbocycles. The van der Waals surface area contributed by atoms with Crippen molar-refractivity contribution >= 4 is 11.5 Å². The van der Waals surface area contributed by atoms with Crippen molar-refractivity contribution < 1.29 is 14.6 Å². The summed E-state index contributed by atoms with van der Waals surface area (Å²) in [5, 5.41) is 8.44. The molecule has 4 heteroatoms. The summed E-state index contributed by atoms with van der Waals surface area (Å²) >= 11 is 0. The highest BCUT2D eigenvalue weighted by Gasteiger charge is 2.07. The molecule has 2 aromatic heterocycles. The Hall–Kier alpha value is -1.81. The summed E-state index contributed by atoms with van der Waals surface area (Å²) in [6, 6.07) is 7.58. The molecular formula is C11H11NO3. The summed E-state index contributed by atoms with van der Waals surface area (Å²) in [5.41, 5.74) is 1.87. The Labute approximate surface area is 86.7 Å². The van der Waals surface area contributed by atoms with E-state index < -0.39 is 12.8 Å². The summed E-state index contributed by atoms with van der Waals surface area (Å²) in [4.78, 5) is 11.2. The van der Waals surface area contributed by atoms with Crippen LogP contribution in [-0.2, 0) is 16.0 Å². The van der Waals surface area contributed by atoms with Gasteiger partial charge in [0, 0.05) is 17.9 Å². The lowest BCUT2D eigenvalue weighted by molar-refractivity contribution is -0.150. The zero-order chi connectivity index (χ0) is 10.7. The van der Waals surface area contributed by atoms with Crippen molar-refractivity contribution in [3.8, 4) is 0 Å². The van der Waals surface area contributed by atoms with Gasteiger partial charge < -0.3 is 14.2 Å². The number of carbonyl (C=O) groups is 1. The lowest BCUT2D eigenvalue weighted by Crippen LogP contribution is -2.09. The molecule has 78 valence electrons. The Morgan fingerprint density at radius 1 is 1.33 bits per heavy atom. The Morgan fingerprint density at radius 3 is 2.80 bits per heavy atom. The normalized spacial score (nSPS) is 10.5. The molecule has 0 radical (unpaired) electrons. The first-order valence-electron chi connectivity index (χ1n) is 4.62. The van der Waals surface area contributed by atoms with Crippen molar-refractivity contribution in [2.24, 2.45) is 0 Å². The van der Waals surface area contributed by atoms with Crippen molar-refractivity contribution in [1.82, 2.24) is 4.40 Å². The van der Waals surface area contributed by atoms with E-state index in [0.717, 1.165) is 11.1 Å². The first-order chi connectivity index (χ1) is 7.31. The van der Waals surface area contributed by atoms with Gasteiger partial charge in [0.25, 0.3) is 0 Å². The van der Waals surface area contributed by atoms with Gasteiger partial charge in [0.1, 0.15) is 0 Å². The van der Waals surface area contributed by atoms with Gasteiger partial charge in [-0.2, -0.15) is 0 Å². The number of rotatable bonds is 3. The number of esters is 1. The van der Waals surface area contributed by atoms with E-state index in [9.17, 15) is 4.79 Å². The van der Waals surface area contributed by atoms with Gasteiger partial charge in [-0.3, -0.25) is 4.79 Å². The van der Waals surface area contributed by atoms with Crippen LogP contribution in [0.2, 0.25) is 0 Å². The molecule has 1 N–H and O–H groups in total. The monoisotopic (exact) mass is 205 g/mol. The van der Waals surface area contributed by atoms with Gasteiger partial charge in [0.2, 0.25) is 0 Å². The summed E-state index contributed by atoms with van der Waals surface area (Å²) in [6.07, 6.45) is 4.00. The molecule has 0 aliphatic carbocycles. The van der Waals surface area contributed by atoms with E-state index >= 15 is 0 Å². The molecular weight excluding hydrogens is 194 g/mol. The quantitative estimate of drug-likeness (QED) is 0.600. The van der Waals surface area contributed by atoms with Crippen LogP contribution in [0.3, 0.4) is 0 Å². The Bertz CT molecular complexity index is 475. The number of fused-ring (bicyclic) bond motifs is 1. The molecule has 0 fully saturated rings. The van der Waals surface area contributed by atoms with Crippen LogP contribution in [0.5, 0.6) is 0 Å². The van der Waals surface area contributed by atoms with Gasteiger partial charge in [-0.25, -0.2) is 0 Å². The third-order valence-corrected chi connectivity index (χ3v) is 2.21. The predicted molar refractivity (Wildman–Crippen MR) is 54.3 cm³/mol. The zero-order valence-corrected chi connectivity index (χ0v) is 8.09. The molecule has 0 aliphatic rings. The van der Waals surface area contributed by atoms with E-state index in [0.29, 0.717) is 0 Å². The first-order valence-corrected chi connectivity index (χ1v) is 4.62. The third kappa shape index (κ3) is 1.99. The molecule has 0 atom stereocenters. The second-order valence-corrected chi connectivity index (χ2v) is 3.16. The topological polar surface area (TPSA) is 50.9 Å². The van der Waals surface area contributed by atoms with Crippen molar-refractivity contribution in [2.45, 2.75) is 6.42 Å². The largest absolute Gasteiger partial charge is 0.438 e. The highest BCUT2D eigenvalue weighted by molar-refractivity contribution is 5.76. The first kappa shape index (κ1) is 9.73. The standard InChI is InChI=1S/C11H11NO3/c13-8-15-11(14)7-9-3-1-5-12-6-2-4-10(9)12/h1-6,13H,7-8H2. The van der Waals surface area contributed by atoms with Crippen molar-refractivity contribution in [3.05, 3.63) is 42.2 Å². The second kappa shape index (κ2) is 4.14. The van der Waals surface area contributed by atoms with Crippen LogP contribution in [0.25, 0.3) is 5.52 Å². The van der Waals surface area contributed by atoms with Crippen molar-refractivity contribution in [1.29, 1.82) is 0 Å². The molecule has 0 aliphatic heterocycles. The maximum atomic E-state index is 11.2. The number of aromatic nitrogens is 1. The highest BCUT2D eigenvalue weighted by atomic mass is 16.6. The molecule has 0 aromatic carbocycles. The minimum atomic E-state index is -0.567. The SMILES string of the molecule is O=C(Cc1cccn2cccc12)OCO. The Kier molecular flexibility index (Phi) is 2.69. The lowest BCUT2D eigenvalue weighted by atomic mass is 10.1. The van der Waals surface area contributed by atoms with E-state index in [1.54, 1.807) is 0 Å². The van der Waals surface area contributed by atoms with Crippen LogP contribution >= 0.6 is 0 Å². The zero-order valence-electron chi connectivity index (χ0n) is 8.09. The van der Waals surface area contributed by atoms with E-state index in [1.165, 1.54) is 0 Å². The van der Waals surface area contributed by atoms with Gasteiger partial charge in [-0.1, -0.05) is 6.07 Å². The van der Waals surface area contributed by atoms with Gasteiger partial charge in [-0.05, 0) is 23.8 Å². The van der Waals surface area contributed by atoms with Crippen LogP contribution < -0.4 is 0 Å². The highest BCUT2D eigenvalue weighted by Crippen LogP contribution is 2.12. The van der Waals surface area contributed by atoms with Crippen LogP contribution in [-0.4, -0.2) is 22.3 Å². The van der Waals surface area contributed by atoms with Crippen LogP contribution in [0.4, 0.5) is 0 Å². The Balaban J connectivity index is 2.27. The minimum Gasteiger partial charge on any atom is -0.438 e. The average molecular weight is 205 g/mol. The smallest absolute Gasteiger partial charge is 0.312 e. The fourth-order valence-electron chi connectivity index (χ4n) is 1.56. The van der Waals surface area contributed by atoms with Gasteiger partial charge in [-0.15, -0.1) is 0 Å². The fraction of sp³-hybridized carbons (Fsp3) is 0.182. The van der Waals surface area contributed by atoms with Crippen molar-refractivity contribution in [3.63, 3.8) is 0 Å². The number of aliphatic hydroxyl groups excluding tert-OH is 1. The van der Waals surface area contributed by atoms with E-state index in [4.69, 9.17) is 5.11 Å². The van der Waals surface area contributed by atoms with Gasteiger partial charge in [0.15, 0.2) is 6.79 Å². The minimum absolute atomic E-state index is 0.176. The Morgan fingerprint density at radius 2 is 2.07 bits per heavy atom. The molecule has 0 amide bonds. The number of hydrogen-bond acceptors (Lipinski definition) is 3.